The average Bonchev–Trinajstić information content (AvgIpc) is 2.44. The normalized spacial score (nSPS) is 9.70. The molecule has 0 unspecified atom stereocenters. The highest BCUT2D eigenvalue weighted by Crippen LogP contribution is 2.21. The van der Waals surface area contributed by atoms with E-state index < -0.39 is 0 Å². The van der Waals surface area contributed by atoms with Gasteiger partial charge in [0.05, 0.1) is 11.4 Å². The van der Waals surface area contributed by atoms with E-state index in [4.69, 9.17) is 16.3 Å². The van der Waals surface area contributed by atoms with Crippen molar-refractivity contribution in [2.24, 2.45) is 0 Å². The predicted molar refractivity (Wildman–Crippen MR) is 76.4 cm³/mol. The molecule has 0 bridgehead atoms. The van der Waals surface area contributed by atoms with Gasteiger partial charge < -0.3 is 9.84 Å². The van der Waals surface area contributed by atoms with Crippen LogP contribution < -0.4 is 4.74 Å². The zero-order valence-electron chi connectivity index (χ0n) is 10.6. The number of hydrogen-bond acceptors (Lipinski definition) is 2. The molecule has 0 heterocycles. The van der Waals surface area contributed by atoms with Crippen molar-refractivity contribution >= 4 is 11.6 Å². The van der Waals surface area contributed by atoms with Crippen molar-refractivity contribution in [3.63, 3.8) is 0 Å². The van der Waals surface area contributed by atoms with Crippen LogP contribution in [0.3, 0.4) is 0 Å². The Bertz CT molecular complexity index is 659. The van der Waals surface area contributed by atoms with Crippen molar-refractivity contribution in [2.75, 3.05) is 5.88 Å². The molecule has 1 N–H and O–H groups in total. The summed E-state index contributed by atoms with van der Waals surface area (Å²) in [6.07, 6.45) is 0. The molecule has 2 rings (SSSR count). The maximum Gasteiger partial charge on any atom is 0.135 e. The van der Waals surface area contributed by atoms with Gasteiger partial charge in [-0.2, -0.15) is 0 Å². The van der Waals surface area contributed by atoms with Gasteiger partial charge in [0.25, 0.3) is 0 Å². The minimum atomic E-state index is -0.381. The monoisotopic (exact) mass is 290 g/mol. The molecule has 0 aliphatic heterocycles. The first-order valence-electron chi connectivity index (χ1n) is 5.94. The topological polar surface area (TPSA) is 29.5 Å². The summed E-state index contributed by atoms with van der Waals surface area (Å²) in [6, 6.07) is 10.9. The molecule has 2 aromatic carbocycles. The van der Waals surface area contributed by atoms with Gasteiger partial charge in [-0.25, -0.2) is 4.39 Å². The summed E-state index contributed by atoms with van der Waals surface area (Å²) in [7, 11) is 0. The molecule has 2 aromatic rings. The standard InChI is InChI=1S/C16H12ClFO2/c17-8-2-4-13-10-14(18)6-7-16(13)20-11-12-3-1-5-15(19)9-12/h1,3,5-7,9-10,19H,8,11H2. The van der Waals surface area contributed by atoms with E-state index in [9.17, 15) is 9.50 Å². The third-order valence-electron chi connectivity index (χ3n) is 2.54. The van der Waals surface area contributed by atoms with Crippen LogP contribution in [-0.4, -0.2) is 11.0 Å². The summed E-state index contributed by atoms with van der Waals surface area (Å²) in [5.41, 5.74) is 1.26. The van der Waals surface area contributed by atoms with E-state index in [1.807, 2.05) is 6.07 Å². The SMILES string of the molecule is Oc1cccc(COc2ccc(F)cc2C#CCCl)c1. The Labute approximate surface area is 121 Å². The fourth-order valence-electron chi connectivity index (χ4n) is 1.66. The molecule has 0 aliphatic carbocycles. The fourth-order valence-corrected chi connectivity index (χ4v) is 1.73. The van der Waals surface area contributed by atoms with Crippen LogP contribution in [-0.2, 0) is 6.61 Å². The molecule has 0 aromatic heterocycles. The lowest BCUT2D eigenvalue weighted by Crippen LogP contribution is -1.97. The maximum absolute atomic E-state index is 13.2. The molecular formula is C16H12ClFO2. The zero-order chi connectivity index (χ0) is 14.4. The highest BCUT2D eigenvalue weighted by Gasteiger charge is 2.04. The second-order valence-electron chi connectivity index (χ2n) is 4.03. The Balaban J connectivity index is 2.16. The predicted octanol–water partition coefficient (Wildman–Crippen LogP) is 3.70. The third kappa shape index (κ3) is 3.91. The number of halogens is 2. The number of phenols is 1. The molecule has 102 valence electrons. The minimum absolute atomic E-state index is 0.169. The van der Waals surface area contributed by atoms with Gasteiger partial charge in [-0.15, -0.1) is 11.6 Å². The Hall–Kier alpha value is -2.18. The van der Waals surface area contributed by atoms with Crippen molar-refractivity contribution < 1.29 is 14.2 Å². The van der Waals surface area contributed by atoms with E-state index in [1.54, 1.807) is 18.2 Å². The van der Waals surface area contributed by atoms with Crippen molar-refractivity contribution in [3.05, 3.63) is 59.4 Å². The van der Waals surface area contributed by atoms with Crippen LogP contribution in [0.5, 0.6) is 11.5 Å². The highest BCUT2D eigenvalue weighted by atomic mass is 35.5. The summed E-state index contributed by atoms with van der Waals surface area (Å²) in [5.74, 6) is 5.86. The van der Waals surface area contributed by atoms with Crippen LogP contribution in [0.1, 0.15) is 11.1 Å². The van der Waals surface area contributed by atoms with Gasteiger partial charge in [0.2, 0.25) is 0 Å². The van der Waals surface area contributed by atoms with Crippen LogP contribution in [0, 0.1) is 17.7 Å². The first-order chi connectivity index (χ1) is 9.69. The molecule has 0 amide bonds. The van der Waals surface area contributed by atoms with Crippen molar-refractivity contribution in [1.29, 1.82) is 0 Å². The van der Waals surface area contributed by atoms with Gasteiger partial charge in [0, 0.05) is 0 Å². The van der Waals surface area contributed by atoms with E-state index in [2.05, 4.69) is 11.8 Å². The lowest BCUT2D eigenvalue weighted by molar-refractivity contribution is 0.304. The van der Waals surface area contributed by atoms with Crippen LogP contribution in [0.2, 0.25) is 0 Å². The Kier molecular flexibility index (Phi) is 4.86. The summed E-state index contributed by atoms with van der Waals surface area (Å²) < 4.78 is 18.8. The van der Waals surface area contributed by atoms with Crippen LogP contribution >= 0.6 is 11.6 Å². The van der Waals surface area contributed by atoms with Crippen LogP contribution in [0.4, 0.5) is 4.39 Å². The second-order valence-corrected chi connectivity index (χ2v) is 4.30. The lowest BCUT2D eigenvalue weighted by atomic mass is 10.2. The quantitative estimate of drug-likeness (QED) is 0.690. The number of hydrogen-bond donors (Lipinski definition) is 1. The van der Waals surface area contributed by atoms with E-state index in [0.717, 1.165) is 5.56 Å². The van der Waals surface area contributed by atoms with Crippen molar-refractivity contribution in [1.82, 2.24) is 0 Å². The highest BCUT2D eigenvalue weighted by molar-refractivity contribution is 6.19. The molecule has 4 heteroatoms. The van der Waals surface area contributed by atoms with Gasteiger partial charge in [0.15, 0.2) is 0 Å². The van der Waals surface area contributed by atoms with E-state index in [1.165, 1.54) is 18.2 Å². The smallest absolute Gasteiger partial charge is 0.135 e. The molecule has 0 saturated heterocycles. The number of ether oxygens (including phenoxy) is 1. The van der Waals surface area contributed by atoms with E-state index >= 15 is 0 Å². The van der Waals surface area contributed by atoms with Crippen LogP contribution in [0.25, 0.3) is 0 Å². The summed E-state index contributed by atoms with van der Waals surface area (Å²) in [5, 5.41) is 9.38. The molecule has 0 spiro atoms. The Morgan fingerprint density at radius 3 is 2.80 bits per heavy atom. The van der Waals surface area contributed by atoms with Gasteiger partial charge in [0.1, 0.15) is 23.9 Å². The second kappa shape index (κ2) is 6.83. The van der Waals surface area contributed by atoms with Gasteiger partial charge in [-0.3, -0.25) is 0 Å². The lowest BCUT2D eigenvalue weighted by Gasteiger charge is -2.08. The first-order valence-corrected chi connectivity index (χ1v) is 6.47. The molecule has 0 aliphatic rings. The van der Waals surface area contributed by atoms with Gasteiger partial charge in [-0.05, 0) is 35.9 Å². The molecular weight excluding hydrogens is 279 g/mol. The number of phenolic OH excluding ortho intramolecular Hbond substituents is 1. The number of benzene rings is 2. The molecule has 20 heavy (non-hydrogen) atoms. The van der Waals surface area contributed by atoms with Gasteiger partial charge in [-0.1, -0.05) is 24.0 Å². The first kappa shape index (κ1) is 14.2. The third-order valence-corrected chi connectivity index (χ3v) is 2.67. The fraction of sp³-hybridized carbons (Fsp3) is 0.125. The Morgan fingerprint density at radius 2 is 2.05 bits per heavy atom. The molecule has 2 nitrogen and oxygen atoms in total. The maximum atomic E-state index is 13.2. The molecule has 0 fully saturated rings. The van der Waals surface area contributed by atoms with E-state index in [-0.39, 0.29) is 24.1 Å². The summed E-state index contributed by atoms with van der Waals surface area (Å²) >= 11 is 5.50. The van der Waals surface area contributed by atoms with Crippen molar-refractivity contribution in [3.8, 4) is 23.3 Å². The molecule has 0 atom stereocenters. The average molecular weight is 291 g/mol. The van der Waals surface area contributed by atoms with Gasteiger partial charge >= 0.3 is 0 Å². The molecule has 0 saturated carbocycles. The van der Waals surface area contributed by atoms with E-state index in [0.29, 0.717) is 11.3 Å². The van der Waals surface area contributed by atoms with Crippen molar-refractivity contribution in [2.45, 2.75) is 6.61 Å². The summed E-state index contributed by atoms with van der Waals surface area (Å²) in [6.45, 7) is 0.260. The molecule has 0 radical (unpaired) electrons. The number of rotatable bonds is 3. The Morgan fingerprint density at radius 1 is 1.20 bits per heavy atom. The number of aromatic hydroxyl groups is 1. The minimum Gasteiger partial charge on any atom is -0.508 e. The summed E-state index contributed by atoms with van der Waals surface area (Å²) in [4.78, 5) is 0. The largest absolute Gasteiger partial charge is 0.508 e. The zero-order valence-corrected chi connectivity index (χ0v) is 11.3. The number of alkyl halides is 1. The van der Waals surface area contributed by atoms with Crippen LogP contribution in [0.15, 0.2) is 42.5 Å².